The summed E-state index contributed by atoms with van der Waals surface area (Å²) >= 11 is 4.27. The summed E-state index contributed by atoms with van der Waals surface area (Å²) in [4.78, 5) is 24.7. The van der Waals surface area contributed by atoms with Gasteiger partial charge in [0.2, 0.25) is 0 Å². The number of nitrogens with one attached hydrogen (secondary N) is 2. The molecule has 5 nitrogen and oxygen atoms in total. The molecule has 3 aromatic rings. The van der Waals surface area contributed by atoms with Crippen LogP contribution < -0.4 is 14.9 Å². The van der Waals surface area contributed by atoms with Gasteiger partial charge in [-0.2, -0.15) is 0 Å². The van der Waals surface area contributed by atoms with Crippen LogP contribution in [0.4, 0.5) is 20.6 Å². The minimum Gasteiger partial charge on any atom is -0.333 e. The average molecular weight is 452 g/mol. The first-order valence-corrected chi connectivity index (χ1v) is 10.6. The van der Waals surface area contributed by atoms with Crippen LogP contribution in [0, 0.1) is 5.82 Å². The van der Waals surface area contributed by atoms with Crippen LogP contribution in [-0.2, 0) is 12.0 Å². The summed E-state index contributed by atoms with van der Waals surface area (Å²) < 4.78 is 14.9. The van der Waals surface area contributed by atoms with Crippen molar-refractivity contribution in [3.05, 3.63) is 95.3 Å². The highest BCUT2D eigenvalue weighted by molar-refractivity contribution is 7.82. The van der Waals surface area contributed by atoms with Gasteiger partial charge in [-0.05, 0) is 52.9 Å². The molecule has 0 aromatic heterocycles. The molecule has 0 aliphatic carbocycles. The van der Waals surface area contributed by atoms with Crippen molar-refractivity contribution in [2.45, 2.75) is 32.7 Å². The van der Waals surface area contributed by atoms with Gasteiger partial charge in [-0.3, -0.25) is 4.79 Å². The second kappa shape index (κ2) is 9.87. The molecule has 166 valence electrons. The molecule has 0 radical (unpaired) electrons. The molecule has 0 fully saturated rings. The molecule has 3 amide bonds. The highest BCUT2D eigenvalue weighted by Crippen LogP contribution is 2.23. The lowest BCUT2D eigenvalue weighted by Gasteiger charge is -2.20. The zero-order chi connectivity index (χ0) is 23.3. The zero-order valence-corrected chi connectivity index (χ0v) is 19.1. The summed E-state index contributed by atoms with van der Waals surface area (Å²) in [6.45, 7) is 6.83. The van der Waals surface area contributed by atoms with E-state index in [-0.39, 0.29) is 17.0 Å². The van der Waals surface area contributed by atoms with E-state index >= 15 is 0 Å². The van der Waals surface area contributed by atoms with Crippen LogP contribution in [0.25, 0.3) is 0 Å². The van der Waals surface area contributed by atoms with Crippen LogP contribution in [0.15, 0.2) is 72.8 Å². The summed E-state index contributed by atoms with van der Waals surface area (Å²) in [5.41, 5.74) is 3.25. The van der Waals surface area contributed by atoms with Crippen molar-refractivity contribution in [2.24, 2.45) is 0 Å². The van der Waals surface area contributed by atoms with E-state index in [1.807, 2.05) is 12.1 Å². The molecule has 2 N–H and O–H groups in total. The van der Waals surface area contributed by atoms with E-state index in [0.717, 1.165) is 5.56 Å². The number of hydrogen-bond acceptors (Lipinski definition) is 3. The third kappa shape index (κ3) is 5.88. The van der Waals surface area contributed by atoms with Crippen molar-refractivity contribution in [3.63, 3.8) is 0 Å². The lowest BCUT2D eigenvalue weighted by Crippen LogP contribution is -2.33. The molecule has 0 heterocycles. The van der Waals surface area contributed by atoms with Gasteiger partial charge in [0.15, 0.2) is 0 Å². The first kappa shape index (κ1) is 23.3. The molecule has 7 heteroatoms. The predicted molar refractivity (Wildman–Crippen MR) is 130 cm³/mol. The van der Waals surface area contributed by atoms with E-state index in [1.165, 1.54) is 28.1 Å². The number of hydrogen-bond donors (Lipinski definition) is 3. The molecular formula is C25H26FN3O2S. The smallest absolute Gasteiger partial charge is 0.332 e. The van der Waals surface area contributed by atoms with Gasteiger partial charge < -0.3 is 10.6 Å². The van der Waals surface area contributed by atoms with E-state index in [1.54, 1.807) is 30.3 Å². The molecule has 3 rings (SSSR count). The third-order valence-electron chi connectivity index (χ3n) is 4.94. The number of nitrogens with zero attached hydrogens (tertiary/aromatic N) is 1. The Morgan fingerprint density at radius 2 is 1.56 bits per heavy atom. The molecule has 0 spiro atoms. The van der Waals surface area contributed by atoms with Gasteiger partial charge in [-0.15, -0.1) is 0 Å². The number of urea groups is 1. The van der Waals surface area contributed by atoms with Gasteiger partial charge in [0, 0.05) is 12.2 Å². The Morgan fingerprint density at radius 1 is 0.938 bits per heavy atom. The van der Waals surface area contributed by atoms with E-state index in [4.69, 9.17) is 0 Å². The van der Waals surface area contributed by atoms with Crippen LogP contribution in [0.2, 0.25) is 0 Å². The fraction of sp³-hybridized carbons (Fsp3) is 0.200. The second-order valence-corrected chi connectivity index (χ2v) is 8.80. The molecule has 3 aromatic carbocycles. The Morgan fingerprint density at radius 3 is 2.16 bits per heavy atom. The van der Waals surface area contributed by atoms with Gasteiger partial charge in [-0.1, -0.05) is 70.0 Å². The summed E-state index contributed by atoms with van der Waals surface area (Å²) in [5, 5.41) is 5.46. The third-order valence-corrected chi connectivity index (χ3v) is 5.36. The summed E-state index contributed by atoms with van der Waals surface area (Å²) in [6, 6.07) is 20.0. The molecule has 0 aliphatic heterocycles. The van der Waals surface area contributed by atoms with Gasteiger partial charge in [0.1, 0.15) is 5.82 Å². The number of carbonyl (C=O) groups is 2. The molecule has 0 aliphatic rings. The maximum atomic E-state index is 13.7. The largest absolute Gasteiger partial charge is 0.333 e. The molecule has 0 atom stereocenters. The van der Waals surface area contributed by atoms with Gasteiger partial charge >= 0.3 is 6.03 Å². The Labute approximate surface area is 193 Å². The van der Waals surface area contributed by atoms with Gasteiger partial charge in [-0.25, -0.2) is 13.5 Å². The Hall–Kier alpha value is -3.32. The Balaban J connectivity index is 1.56. The van der Waals surface area contributed by atoms with Crippen molar-refractivity contribution >= 4 is 36.1 Å². The van der Waals surface area contributed by atoms with Crippen molar-refractivity contribution in [3.8, 4) is 0 Å². The van der Waals surface area contributed by atoms with E-state index in [2.05, 4.69) is 56.4 Å². The number of amides is 3. The number of carbonyl (C=O) groups excluding carboxylic acids is 2. The second-order valence-electron chi connectivity index (χ2n) is 8.40. The van der Waals surface area contributed by atoms with E-state index in [0.29, 0.717) is 17.9 Å². The number of halogens is 1. The monoisotopic (exact) mass is 451 g/mol. The molecule has 0 saturated carbocycles. The SMILES string of the molecule is CC(C)(C)c1ccc(CNC(=O)N(S)c2ccc(NC(=O)c3ccccc3F)cc2)cc1. The van der Waals surface area contributed by atoms with Crippen LogP contribution in [0.1, 0.15) is 42.3 Å². The quantitative estimate of drug-likeness (QED) is 0.421. The fourth-order valence-corrected chi connectivity index (χ4v) is 3.23. The van der Waals surface area contributed by atoms with Gasteiger partial charge in [0.05, 0.1) is 11.3 Å². The minimum atomic E-state index is -0.590. The summed E-state index contributed by atoms with van der Waals surface area (Å²) in [7, 11) is 0. The molecule has 32 heavy (non-hydrogen) atoms. The maximum absolute atomic E-state index is 13.7. The number of thiol groups is 1. The van der Waals surface area contributed by atoms with Crippen LogP contribution in [0.3, 0.4) is 0 Å². The lowest BCUT2D eigenvalue weighted by molar-refractivity contribution is 0.102. The number of rotatable bonds is 5. The van der Waals surface area contributed by atoms with Crippen LogP contribution >= 0.6 is 12.8 Å². The van der Waals surface area contributed by atoms with E-state index in [9.17, 15) is 14.0 Å². The highest BCUT2D eigenvalue weighted by Gasteiger charge is 2.15. The summed E-state index contributed by atoms with van der Waals surface area (Å²) in [6.07, 6.45) is 0. The maximum Gasteiger partial charge on any atom is 0.332 e. The standard InChI is InChI=1S/C25H26FN3O2S/c1-25(2,3)18-10-8-17(9-11-18)16-27-24(31)29(32)20-14-12-19(13-15-20)28-23(30)21-6-4-5-7-22(21)26/h4-15,32H,16H2,1-3H3,(H,27,31)(H,28,30). The highest BCUT2D eigenvalue weighted by atomic mass is 32.1. The fourth-order valence-electron chi connectivity index (χ4n) is 3.02. The molecule has 0 bridgehead atoms. The normalized spacial score (nSPS) is 11.0. The first-order valence-electron chi connectivity index (χ1n) is 10.2. The minimum absolute atomic E-state index is 0.0395. The molecular weight excluding hydrogens is 425 g/mol. The van der Waals surface area contributed by atoms with Gasteiger partial charge in [0.25, 0.3) is 5.91 Å². The molecule has 0 unspecified atom stereocenters. The zero-order valence-electron chi connectivity index (χ0n) is 18.2. The van der Waals surface area contributed by atoms with Crippen molar-refractivity contribution in [1.29, 1.82) is 0 Å². The number of anilines is 2. The first-order chi connectivity index (χ1) is 15.1. The van der Waals surface area contributed by atoms with Crippen LogP contribution in [-0.4, -0.2) is 11.9 Å². The summed E-state index contributed by atoms with van der Waals surface area (Å²) in [5.74, 6) is -1.14. The predicted octanol–water partition coefficient (Wildman–Crippen LogP) is 5.94. The van der Waals surface area contributed by atoms with Crippen LogP contribution in [0.5, 0.6) is 0 Å². The number of benzene rings is 3. The topological polar surface area (TPSA) is 61.4 Å². The Kier molecular flexibility index (Phi) is 7.20. The lowest BCUT2D eigenvalue weighted by atomic mass is 9.87. The Bertz CT molecular complexity index is 1090. The van der Waals surface area contributed by atoms with Crippen molar-refractivity contribution in [2.75, 3.05) is 9.62 Å². The average Bonchev–Trinajstić information content (AvgIpc) is 2.77. The van der Waals surface area contributed by atoms with Crippen molar-refractivity contribution in [1.82, 2.24) is 5.32 Å². The molecule has 0 saturated heterocycles. The van der Waals surface area contributed by atoms with Crippen molar-refractivity contribution < 1.29 is 14.0 Å². The van der Waals surface area contributed by atoms with E-state index < -0.39 is 11.7 Å².